The Labute approximate surface area is 196 Å². The normalized spacial score (nSPS) is 19.5. The second kappa shape index (κ2) is 11.1. The second-order valence-electron chi connectivity index (χ2n) is 8.86. The molecule has 0 saturated carbocycles. The van der Waals surface area contributed by atoms with Crippen molar-refractivity contribution in [2.75, 3.05) is 83.7 Å². The lowest BCUT2D eigenvalue weighted by Gasteiger charge is -2.37. The van der Waals surface area contributed by atoms with Crippen LogP contribution in [0.4, 0.5) is 5.69 Å². The molecular formula is C26H35N3O4. The molecule has 33 heavy (non-hydrogen) atoms. The Morgan fingerprint density at radius 1 is 0.758 bits per heavy atom. The lowest BCUT2D eigenvalue weighted by Crippen LogP contribution is -2.46. The van der Waals surface area contributed by atoms with Gasteiger partial charge in [-0.2, -0.15) is 0 Å². The van der Waals surface area contributed by atoms with E-state index in [1.165, 1.54) is 5.56 Å². The highest BCUT2D eigenvalue weighted by Gasteiger charge is 2.23. The Morgan fingerprint density at radius 2 is 1.55 bits per heavy atom. The Morgan fingerprint density at radius 3 is 2.36 bits per heavy atom. The maximum absolute atomic E-state index is 5.95. The number of benzene rings is 2. The lowest BCUT2D eigenvalue weighted by molar-refractivity contribution is 0.0358. The molecule has 2 fully saturated rings. The van der Waals surface area contributed by atoms with Gasteiger partial charge in [-0.15, -0.1) is 0 Å². The van der Waals surface area contributed by atoms with E-state index in [1.54, 1.807) is 0 Å². The number of ether oxygens (including phenoxy) is 4. The van der Waals surface area contributed by atoms with Crippen molar-refractivity contribution in [2.45, 2.75) is 13.0 Å². The van der Waals surface area contributed by atoms with E-state index in [-0.39, 0.29) is 0 Å². The molecule has 3 aliphatic heterocycles. The van der Waals surface area contributed by atoms with Crippen molar-refractivity contribution in [3.63, 3.8) is 0 Å². The minimum Gasteiger partial charge on any atom is -0.494 e. The summed E-state index contributed by atoms with van der Waals surface area (Å²) in [5.41, 5.74) is 2.49. The van der Waals surface area contributed by atoms with E-state index in [0.717, 1.165) is 102 Å². The SMILES string of the molecule is c1cc2c(c(N3CCN(Cc4ccc(OCCCN5CCOCC5)cc4)CC3)c1)OCCO2. The molecule has 0 aliphatic carbocycles. The van der Waals surface area contributed by atoms with Gasteiger partial charge in [0.05, 0.1) is 25.5 Å². The highest BCUT2D eigenvalue weighted by atomic mass is 16.6. The van der Waals surface area contributed by atoms with Crippen LogP contribution in [-0.2, 0) is 11.3 Å². The molecule has 0 radical (unpaired) electrons. The van der Waals surface area contributed by atoms with Crippen LogP contribution in [0.3, 0.4) is 0 Å². The van der Waals surface area contributed by atoms with E-state index in [0.29, 0.717) is 13.2 Å². The summed E-state index contributed by atoms with van der Waals surface area (Å²) in [4.78, 5) is 7.38. The molecule has 2 saturated heterocycles. The molecule has 5 rings (SSSR count). The van der Waals surface area contributed by atoms with Gasteiger partial charge in [-0.05, 0) is 36.2 Å². The zero-order valence-corrected chi connectivity index (χ0v) is 19.4. The number of piperazine rings is 1. The Bertz CT molecular complexity index is 878. The number of hydrogen-bond acceptors (Lipinski definition) is 7. The van der Waals surface area contributed by atoms with Crippen molar-refractivity contribution in [3.05, 3.63) is 48.0 Å². The predicted octanol–water partition coefficient (Wildman–Crippen LogP) is 2.88. The summed E-state index contributed by atoms with van der Waals surface area (Å²) < 4.78 is 23.0. The van der Waals surface area contributed by atoms with Gasteiger partial charge in [-0.25, -0.2) is 0 Å². The molecule has 7 nitrogen and oxygen atoms in total. The van der Waals surface area contributed by atoms with Crippen LogP contribution in [0, 0.1) is 0 Å². The fraction of sp³-hybridized carbons (Fsp3) is 0.538. The first-order chi connectivity index (χ1) is 16.3. The monoisotopic (exact) mass is 453 g/mol. The van der Waals surface area contributed by atoms with Crippen molar-refractivity contribution in [2.24, 2.45) is 0 Å². The molecule has 0 atom stereocenters. The van der Waals surface area contributed by atoms with Crippen molar-refractivity contribution in [1.82, 2.24) is 9.80 Å². The van der Waals surface area contributed by atoms with E-state index in [2.05, 4.69) is 51.1 Å². The number of morpholine rings is 1. The van der Waals surface area contributed by atoms with Gasteiger partial charge < -0.3 is 23.8 Å². The van der Waals surface area contributed by atoms with Gasteiger partial charge in [0.15, 0.2) is 11.5 Å². The Kier molecular flexibility index (Phi) is 7.50. The van der Waals surface area contributed by atoms with E-state index in [4.69, 9.17) is 18.9 Å². The van der Waals surface area contributed by atoms with Crippen LogP contribution < -0.4 is 19.1 Å². The van der Waals surface area contributed by atoms with Crippen LogP contribution in [0.5, 0.6) is 17.2 Å². The van der Waals surface area contributed by atoms with Gasteiger partial charge >= 0.3 is 0 Å². The summed E-state index contributed by atoms with van der Waals surface area (Å²) in [6, 6.07) is 14.8. The summed E-state index contributed by atoms with van der Waals surface area (Å²) >= 11 is 0. The van der Waals surface area contributed by atoms with Crippen LogP contribution >= 0.6 is 0 Å². The molecule has 178 valence electrons. The van der Waals surface area contributed by atoms with Crippen LogP contribution in [0.2, 0.25) is 0 Å². The smallest absolute Gasteiger partial charge is 0.184 e. The summed E-state index contributed by atoms with van der Waals surface area (Å²) in [5.74, 6) is 2.73. The van der Waals surface area contributed by atoms with E-state index < -0.39 is 0 Å². The molecule has 0 bridgehead atoms. The van der Waals surface area contributed by atoms with Crippen molar-refractivity contribution >= 4 is 5.69 Å². The fourth-order valence-electron chi connectivity index (χ4n) is 4.71. The van der Waals surface area contributed by atoms with Crippen LogP contribution in [0.25, 0.3) is 0 Å². The Balaban J connectivity index is 1.05. The standard InChI is InChI=1S/C26H35N3O4/c1-3-24(26-25(4-1)32-19-20-33-26)29-12-10-28(11-13-29)21-22-5-7-23(8-6-22)31-16-2-9-27-14-17-30-18-15-27/h1,3-8H,2,9-21H2. The summed E-state index contributed by atoms with van der Waals surface area (Å²) in [6.45, 7) is 11.9. The molecule has 0 spiro atoms. The maximum atomic E-state index is 5.95. The van der Waals surface area contributed by atoms with Gasteiger partial charge in [-0.1, -0.05) is 18.2 Å². The molecule has 0 N–H and O–H groups in total. The quantitative estimate of drug-likeness (QED) is 0.570. The number of rotatable bonds is 8. The zero-order valence-electron chi connectivity index (χ0n) is 19.4. The van der Waals surface area contributed by atoms with Gasteiger partial charge in [0.2, 0.25) is 0 Å². The van der Waals surface area contributed by atoms with Gasteiger partial charge in [0.1, 0.15) is 19.0 Å². The topological polar surface area (TPSA) is 46.6 Å². The van der Waals surface area contributed by atoms with Crippen LogP contribution in [0.1, 0.15) is 12.0 Å². The maximum Gasteiger partial charge on any atom is 0.184 e. The Hall–Kier alpha value is -2.48. The van der Waals surface area contributed by atoms with Gasteiger partial charge in [0.25, 0.3) is 0 Å². The average Bonchev–Trinajstić information content (AvgIpc) is 2.88. The summed E-state index contributed by atoms with van der Waals surface area (Å²) in [6.07, 6.45) is 1.05. The molecule has 7 heteroatoms. The number of anilines is 1. The third-order valence-electron chi connectivity index (χ3n) is 6.58. The van der Waals surface area contributed by atoms with Crippen LogP contribution in [-0.4, -0.2) is 88.6 Å². The highest BCUT2D eigenvalue weighted by Crippen LogP contribution is 2.39. The van der Waals surface area contributed by atoms with Gasteiger partial charge in [-0.3, -0.25) is 9.80 Å². The summed E-state index contributed by atoms with van der Waals surface area (Å²) in [5, 5.41) is 0. The minimum absolute atomic E-state index is 0.623. The molecule has 3 aliphatic rings. The highest BCUT2D eigenvalue weighted by molar-refractivity contribution is 5.65. The van der Waals surface area contributed by atoms with Gasteiger partial charge in [0, 0.05) is 52.4 Å². The first-order valence-corrected chi connectivity index (χ1v) is 12.2. The third kappa shape index (κ3) is 5.91. The molecule has 2 aromatic rings. The number of nitrogens with zero attached hydrogens (tertiary/aromatic N) is 3. The zero-order chi connectivity index (χ0) is 22.3. The van der Waals surface area contributed by atoms with Crippen LogP contribution in [0.15, 0.2) is 42.5 Å². The molecule has 0 unspecified atom stereocenters. The van der Waals surface area contributed by atoms with E-state index in [9.17, 15) is 0 Å². The summed E-state index contributed by atoms with van der Waals surface area (Å²) in [7, 11) is 0. The molecule has 2 aromatic carbocycles. The van der Waals surface area contributed by atoms with Crippen molar-refractivity contribution < 1.29 is 18.9 Å². The van der Waals surface area contributed by atoms with Crippen molar-refractivity contribution in [3.8, 4) is 17.2 Å². The lowest BCUT2D eigenvalue weighted by atomic mass is 10.1. The second-order valence-corrected chi connectivity index (χ2v) is 8.86. The average molecular weight is 454 g/mol. The largest absolute Gasteiger partial charge is 0.494 e. The van der Waals surface area contributed by atoms with E-state index in [1.807, 2.05) is 6.07 Å². The minimum atomic E-state index is 0.623. The number of hydrogen-bond donors (Lipinski definition) is 0. The molecule has 0 aromatic heterocycles. The molecular weight excluding hydrogens is 418 g/mol. The van der Waals surface area contributed by atoms with E-state index >= 15 is 0 Å². The fourth-order valence-corrected chi connectivity index (χ4v) is 4.71. The first kappa shape index (κ1) is 22.3. The molecule has 0 amide bonds. The number of fused-ring (bicyclic) bond motifs is 1. The van der Waals surface area contributed by atoms with Crippen molar-refractivity contribution in [1.29, 1.82) is 0 Å². The third-order valence-corrected chi connectivity index (χ3v) is 6.58. The predicted molar refractivity (Wildman–Crippen MR) is 129 cm³/mol. The first-order valence-electron chi connectivity index (χ1n) is 12.2. The number of para-hydroxylation sites is 1. The molecule has 3 heterocycles.